The quantitative estimate of drug-likeness (QED) is 0.627. The minimum Gasteiger partial charge on any atom is -0.396 e. The zero-order chi connectivity index (χ0) is 12.0. The van der Waals surface area contributed by atoms with Crippen LogP contribution in [0.3, 0.4) is 0 Å². The summed E-state index contributed by atoms with van der Waals surface area (Å²) in [4.78, 5) is 11.4. The van der Waals surface area contributed by atoms with Crippen molar-refractivity contribution in [2.24, 2.45) is 11.8 Å². The highest BCUT2D eigenvalue weighted by atomic mass is 16.3. The molecule has 0 aliphatic heterocycles. The second kappa shape index (κ2) is 6.86. The third-order valence-corrected chi connectivity index (χ3v) is 3.40. The molecule has 1 aliphatic rings. The molecule has 1 rings (SSSR count). The highest BCUT2D eigenvalue weighted by Gasteiger charge is 2.26. The molecule has 0 saturated heterocycles. The first kappa shape index (κ1) is 13.5. The fourth-order valence-corrected chi connectivity index (χ4v) is 2.30. The van der Waals surface area contributed by atoms with Gasteiger partial charge < -0.3 is 15.5 Å². The first-order valence-electron chi connectivity index (χ1n) is 6.19. The van der Waals surface area contributed by atoms with Crippen LogP contribution < -0.4 is 5.32 Å². The molecule has 1 aliphatic carbocycles. The Balaban J connectivity index is 2.16. The van der Waals surface area contributed by atoms with Gasteiger partial charge in [0.2, 0.25) is 5.91 Å². The van der Waals surface area contributed by atoms with E-state index in [0.717, 1.165) is 19.3 Å². The van der Waals surface area contributed by atoms with Crippen LogP contribution in [-0.4, -0.2) is 35.4 Å². The van der Waals surface area contributed by atoms with E-state index in [1.54, 1.807) is 6.92 Å². The summed E-state index contributed by atoms with van der Waals surface area (Å²) in [7, 11) is 0. The second-order valence-corrected chi connectivity index (χ2v) is 4.83. The zero-order valence-corrected chi connectivity index (χ0v) is 9.98. The maximum Gasteiger partial charge on any atom is 0.220 e. The van der Waals surface area contributed by atoms with E-state index in [1.807, 2.05) is 0 Å². The predicted molar refractivity (Wildman–Crippen MR) is 61.8 cm³/mol. The van der Waals surface area contributed by atoms with Crippen molar-refractivity contribution < 1.29 is 15.0 Å². The van der Waals surface area contributed by atoms with Crippen molar-refractivity contribution >= 4 is 5.91 Å². The molecule has 3 atom stereocenters. The van der Waals surface area contributed by atoms with Gasteiger partial charge in [-0.1, -0.05) is 6.42 Å². The number of carbonyl (C=O) groups excluding carboxylic acids is 1. The van der Waals surface area contributed by atoms with Gasteiger partial charge in [-0.15, -0.1) is 0 Å². The molecule has 94 valence electrons. The van der Waals surface area contributed by atoms with Crippen molar-refractivity contribution in [3.63, 3.8) is 0 Å². The van der Waals surface area contributed by atoms with Crippen molar-refractivity contribution in [3.05, 3.63) is 0 Å². The number of aliphatic hydroxyl groups excluding tert-OH is 2. The first-order valence-corrected chi connectivity index (χ1v) is 6.19. The Hall–Kier alpha value is -0.610. The maximum atomic E-state index is 11.4. The summed E-state index contributed by atoms with van der Waals surface area (Å²) in [6, 6.07) is 0. The molecule has 16 heavy (non-hydrogen) atoms. The lowest BCUT2D eigenvalue weighted by atomic mass is 9.97. The van der Waals surface area contributed by atoms with Crippen LogP contribution in [0.4, 0.5) is 0 Å². The van der Waals surface area contributed by atoms with Crippen LogP contribution in [0.25, 0.3) is 0 Å². The van der Waals surface area contributed by atoms with Crippen LogP contribution >= 0.6 is 0 Å². The molecule has 1 amide bonds. The fraction of sp³-hybridized carbons (Fsp3) is 0.917. The minimum absolute atomic E-state index is 0.00416. The normalized spacial score (nSPS) is 26.7. The molecular weight excluding hydrogens is 206 g/mol. The highest BCUT2D eigenvalue weighted by molar-refractivity contribution is 5.75. The number of hydrogen-bond donors (Lipinski definition) is 3. The lowest BCUT2D eigenvalue weighted by molar-refractivity contribution is -0.121. The zero-order valence-electron chi connectivity index (χ0n) is 9.98. The molecule has 0 bridgehead atoms. The molecule has 3 N–H and O–H groups in total. The molecule has 3 unspecified atom stereocenters. The molecule has 1 saturated carbocycles. The van der Waals surface area contributed by atoms with Crippen molar-refractivity contribution in [1.29, 1.82) is 0 Å². The molecule has 4 nitrogen and oxygen atoms in total. The maximum absolute atomic E-state index is 11.4. The van der Waals surface area contributed by atoms with Gasteiger partial charge in [-0.2, -0.15) is 0 Å². The number of amides is 1. The lowest BCUT2D eigenvalue weighted by Crippen LogP contribution is -2.31. The van der Waals surface area contributed by atoms with Gasteiger partial charge in [0.1, 0.15) is 0 Å². The second-order valence-electron chi connectivity index (χ2n) is 4.83. The van der Waals surface area contributed by atoms with Crippen LogP contribution in [-0.2, 0) is 4.79 Å². The van der Waals surface area contributed by atoms with Gasteiger partial charge >= 0.3 is 0 Å². The number of hydrogen-bond acceptors (Lipinski definition) is 3. The summed E-state index contributed by atoms with van der Waals surface area (Å²) >= 11 is 0. The SMILES string of the molecule is CC(O)CCC(=O)NCC1CCCC1CO. The fourth-order valence-electron chi connectivity index (χ4n) is 2.30. The lowest BCUT2D eigenvalue weighted by Gasteiger charge is -2.17. The van der Waals surface area contributed by atoms with Crippen LogP contribution in [0.15, 0.2) is 0 Å². The summed E-state index contributed by atoms with van der Waals surface area (Å²) in [5.41, 5.74) is 0. The van der Waals surface area contributed by atoms with E-state index in [9.17, 15) is 4.79 Å². The van der Waals surface area contributed by atoms with Gasteiger partial charge in [-0.05, 0) is 38.0 Å². The Labute approximate surface area is 97.0 Å². The van der Waals surface area contributed by atoms with Gasteiger partial charge in [0, 0.05) is 19.6 Å². The van der Waals surface area contributed by atoms with Gasteiger partial charge in [0.05, 0.1) is 6.10 Å². The van der Waals surface area contributed by atoms with Gasteiger partial charge in [-0.25, -0.2) is 0 Å². The molecule has 0 spiro atoms. The van der Waals surface area contributed by atoms with E-state index in [2.05, 4.69) is 5.32 Å². The van der Waals surface area contributed by atoms with E-state index in [-0.39, 0.29) is 12.5 Å². The molecule has 0 aromatic heterocycles. The smallest absolute Gasteiger partial charge is 0.220 e. The molecule has 0 aromatic rings. The molecule has 0 radical (unpaired) electrons. The minimum atomic E-state index is -0.414. The molecule has 4 heteroatoms. The molecule has 0 heterocycles. The third kappa shape index (κ3) is 4.49. The molecule has 1 fully saturated rings. The van der Waals surface area contributed by atoms with Crippen LogP contribution in [0.5, 0.6) is 0 Å². The van der Waals surface area contributed by atoms with Gasteiger partial charge in [0.15, 0.2) is 0 Å². The number of nitrogens with one attached hydrogen (secondary N) is 1. The van der Waals surface area contributed by atoms with E-state index < -0.39 is 6.10 Å². The summed E-state index contributed by atoms with van der Waals surface area (Å²) in [6.07, 6.45) is 3.81. The number of rotatable bonds is 6. The largest absolute Gasteiger partial charge is 0.396 e. The number of carbonyl (C=O) groups is 1. The van der Waals surface area contributed by atoms with Crippen molar-refractivity contribution in [2.75, 3.05) is 13.2 Å². The van der Waals surface area contributed by atoms with Crippen LogP contribution in [0.2, 0.25) is 0 Å². The highest BCUT2D eigenvalue weighted by Crippen LogP contribution is 2.30. The van der Waals surface area contributed by atoms with Gasteiger partial charge in [0.25, 0.3) is 0 Å². The van der Waals surface area contributed by atoms with Gasteiger partial charge in [-0.3, -0.25) is 4.79 Å². The number of aliphatic hydroxyl groups is 2. The third-order valence-electron chi connectivity index (χ3n) is 3.40. The van der Waals surface area contributed by atoms with Crippen LogP contribution in [0.1, 0.15) is 39.0 Å². The Morgan fingerprint density at radius 2 is 2.12 bits per heavy atom. The van der Waals surface area contributed by atoms with E-state index in [4.69, 9.17) is 10.2 Å². The Kier molecular flexibility index (Phi) is 5.77. The van der Waals surface area contributed by atoms with Crippen molar-refractivity contribution in [1.82, 2.24) is 5.32 Å². The monoisotopic (exact) mass is 229 g/mol. The molecule has 0 aromatic carbocycles. The van der Waals surface area contributed by atoms with Crippen molar-refractivity contribution in [3.8, 4) is 0 Å². The Bertz CT molecular complexity index is 218. The summed E-state index contributed by atoms with van der Waals surface area (Å²) in [6.45, 7) is 2.59. The summed E-state index contributed by atoms with van der Waals surface area (Å²) < 4.78 is 0. The van der Waals surface area contributed by atoms with E-state index in [1.165, 1.54) is 0 Å². The Morgan fingerprint density at radius 3 is 2.75 bits per heavy atom. The van der Waals surface area contributed by atoms with Crippen molar-refractivity contribution in [2.45, 2.75) is 45.1 Å². The predicted octanol–water partition coefficient (Wildman–Crippen LogP) is 0.672. The van der Waals surface area contributed by atoms with E-state index >= 15 is 0 Å². The average Bonchev–Trinajstić information content (AvgIpc) is 2.70. The summed E-state index contributed by atoms with van der Waals surface area (Å²) in [5, 5.41) is 21.1. The summed E-state index contributed by atoms with van der Waals surface area (Å²) in [5.74, 6) is 0.794. The average molecular weight is 229 g/mol. The first-order chi connectivity index (χ1) is 7.63. The van der Waals surface area contributed by atoms with Crippen LogP contribution in [0, 0.1) is 11.8 Å². The topological polar surface area (TPSA) is 69.6 Å². The molecular formula is C12H23NO3. The van der Waals surface area contributed by atoms with E-state index in [0.29, 0.717) is 31.2 Å². The standard InChI is InChI=1S/C12H23NO3/c1-9(15)5-6-12(16)13-7-10-3-2-4-11(10)8-14/h9-11,14-15H,2-8H2,1H3,(H,13,16). The Morgan fingerprint density at radius 1 is 1.44 bits per heavy atom.